The van der Waals surface area contributed by atoms with Gasteiger partial charge < -0.3 is 4.74 Å². The Balaban J connectivity index is 1.49. The smallest absolute Gasteiger partial charge is 0.119 e. The van der Waals surface area contributed by atoms with Crippen LogP contribution in [0.4, 0.5) is 0 Å². The Hall–Kier alpha value is -2.27. The van der Waals surface area contributed by atoms with E-state index in [0.29, 0.717) is 5.92 Å². The van der Waals surface area contributed by atoms with Gasteiger partial charge in [0.25, 0.3) is 0 Å². The van der Waals surface area contributed by atoms with Crippen molar-refractivity contribution in [3.05, 3.63) is 54.1 Å². The van der Waals surface area contributed by atoms with E-state index in [2.05, 4.69) is 68.4 Å². The Bertz CT molecular complexity index is 838. The van der Waals surface area contributed by atoms with Crippen molar-refractivity contribution in [2.45, 2.75) is 103 Å². The summed E-state index contributed by atoms with van der Waals surface area (Å²) in [6.45, 7) is 5.29. The highest BCUT2D eigenvalue weighted by atomic mass is 16.5. The van der Waals surface area contributed by atoms with E-state index in [1.165, 1.54) is 61.6 Å². The molecule has 1 fully saturated rings. The number of hydrogen-bond donors (Lipinski definition) is 0. The molecule has 0 bridgehead atoms. The van der Waals surface area contributed by atoms with Crippen molar-refractivity contribution >= 4 is 0 Å². The van der Waals surface area contributed by atoms with Crippen LogP contribution in [0.3, 0.4) is 0 Å². The van der Waals surface area contributed by atoms with E-state index in [0.717, 1.165) is 50.9 Å². The quantitative estimate of drug-likeness (QED) is 0.288. The number of rotatable bonds is 13. The van der Waals surface area contributed by atoms with Crippen LogP contribution in [-0.2, 0) is 0 Å². The van der Waals surface area contributed by atoms with Gasteiger partial charge >= 0.3 is 0 Å². The molecular weight excluding hydrogens is 402 g/mol. The molecule has 0 N–H and O–H groups in total. The highest BCUT2D eigenvalue weighted by Crippen LogP contribution is 2.45. The molecule has 0 radical (unpaired) electrons. The molecule has 1 saturated carbocycles. The van der Waals surface area contributed by atoms with Gasteiger partial charge in [0.05, 0.1) is 18.1 Å². The Morgan fingerprint density at radius 2 is 1.36 bits per heavy atom. The molecule has 3 rings (SSSR count). The number of nitriles is 1. The van der Waals surface area contributed by atoms with E-state index in [1.54, 1.807) is 0 Å². The first-order valence-electron chi connectivity index (χ1n) is 13.4. The molecule has 0 aliphatic heterocycles. The monoisotopic (exact) mass is 445 g/mol. The zero-order chi connectivity index (χ0) is 23.4. The first-order chi connectivity index (χ1) is 16.2. The Kier molecular flexibility index (Phi) is 10.3. The fourth-order valence-corrected chi connectivity index (χ4v) is 5.22. The lowest BCUT2D eigenvalue weighted by Crippen LogP contribution is -2.25. The molecule has 2 nitrogen and oxygen atoms in total. The Morgan fingerprint density at radius 3 is 1.97 bits per heavy atom. The van der Waals surface area contributed by atoms with Gasteiger partial charge in [-0.05, 0) is 73.3 Å². The first kappa shape index (κ1) is 25.4. The van der Waals surface area contributed by atoms with Crippen molar-refractivity contribution in [2.24, 2.45) is 5.41 Å². The van der Waals surface area contributed by atoms with E-state index in [4.69, 9.17) is 4.74 Å². The second-order valence-corrected chi connectivity index (χ2v) is 10.0. The van der Waals surface area contributed by atoms with E-state index in [-0.39, 0.29) is 5.41 Å². The van der Waals surface area contributed by atoms with Gasteiger partial charge in [0.15, 0.2) is 0 Å². The van der Waals surface area contributed by atoms with E-state index in [1.807, 2.05) is 0 Å². The molecule has 0 amide bonds. The minimum atomic E-state index is -0.0645. The third-order valence-electron chi connectivity index (χ3n) is 7.53. The normalized spacial score (nSPS) is 20.3. The average molecular weight is 446 g/mol. The third kappa shape index (κ3) is 7.63. The van der Waals surface area contributed by atoms with Gasteiger partial charge in [0.2, 0.25) is 0 Å². The van der Waals surface area contributed by atoms with Crippen LogP contribution < -0.4 is 4.74 Å². The van der Waals surface area contributed by atoms with Crippen molar-refractivity contribution in [2.75, 3.05) is 6.61 Å². The van der Waals surface area contributed by atoms with Gasteiger partial charge in [-0.3, -0.25) is 0 Å². The van der Waals surface area contributed by atoms with E-state index >= 15 is 0 Å². The minimum Gasteiger partial charge on any atom is -0.494 e. The van der Waals surface area contributed by atoms with Gasteiger partial charge in [-0.15, -0.1) is 0 Å². The number of nitrogens with zero attached hydrogens (tertiary/aromatic N) is 1. The summed E-state index contributed by atoms with van der Waals surface area (Å²) in [5, 5.41) is 9.81. The maximum atomic E-state index is 9.81. The Labute approximate surface area is 202 Å². The first-order valence-corrected chi connectivity index (χ1v) is 13.4. The number of hydrogen-bond acceptors (Lipinski definition) is 2. The standard InChI is InChI=1S/C31H43NO/c1-3-5-7-8-10-24-33-30-17-15-28(16-18-30)26-11-13-27(14-12-26)29-19-22-31(25-32,23-20-29)21-9-6-4-2/h11-18,29H,3-10,19-24H2,1-2H3. The largest absolute Gasteiger partial charge is 0.494 e. The molecular formula is C31H43NO. The molecule has 0 saturated heterocycles. The SMILES string of the molecule is CCCCCCCOc1ccc(-c2ccc(C3CCC(C#N)(CCCCC)CC3)cc2)cc1. The van der Waals surface area contributed by atoms with Crippen LogP contribution in [-0.4, -0.2) is 6.61 Å². The maximum Gasteiger partial charge on any atom is 0.119 e. The van der Waals surface area contributed by atoms with Crippen molar-refractivity contribution in [3.8, 4) is 22.9 Å². The summed E-state index contributed by atoms with van der Waals surface area (Å²) in [5.74, 6) is 1.56. The number of ether oxygens (including phenoxy) is 1. The molecule has 0 heterocycles. The van der Waals surface area contributed by atoms with Gasteiger partial charge in [-0.2, -0.15) is 5.26 Å². The molecule has 0 unspecified atom stereocenters. The van der Waals surface area contributed by atoms with Crippen LogP contribution in [0, 0.1) is 16.7 Å². The zero-order valence-corrected chi connectivity index (χ0v) is 21.0. The summed E-state index contributed by atoms with van der Waals surface area (Å²) in [4.78, 5) is 0. The molecule has 2 aromatic rings. The van der Waals surface area contributed by atoms with E-state index in [9.17, 15) is 5.26 Å². The highest BCUT2D eigenvalue weighted by molar-refractivity contribution is 5.64. The summed E-state index contributed by atoms with van der Waals surface area (Å²) in [6, 6.07) is 20.3. The second-order valence-electron chi connectivity index (χ2n) is 10.0. The number of unbranched alkanes of at least 4 members (excludes halogenated alkanes) is 6. The van der Waals surface area contributed by atoms with Gasteiger partial charge in [0, 0.05) is 0 Å². The van der Waals surface area contributed by atoms with Gasteiger partial charge in [0.1, 0.15) is 5.75 Å². The lowest BCUT2D eigenvalue weighted by atomic mass is 9.67. The molecule has 0 spiro atoms. The van der Waals surface area contributed by atoms with Crippen LogP contribution >= 0.6 is 0 Å². The summed E-state index contributed by atoms with van der Waals surface area (Å²) < 4.78 is 5.91. The topological polar surface area (TPSA) is 33.0 Å². The van der Waals surface area contributed by atoms with Crippen LogP contribution in [0.25, 0.3) is 11.1 Å². The minimum absolute atomic E-state index is 0.0645. The van der Waals surface area contributed by atoms with Crippen molar-refractivity contribution in [3.63, 3.8) is 0 Å². The molecule has 2 aromatic carbocycles. The van der Waals surface area contributed by atoms with E-state index < -0.39 is 0 Å². The van der Waals surface area contributed by atoms with Crippen LogP contribution in [0.2, 0.25) is 0 Å². The average Bonchev–Trinajstić information content (AvgIpc) is 2.87. The molecule has 0 aromatic heterocycles. The van der Waals surface area contributed by atoms with Gasteiger partial charge in [-0.25, -0.2) is 0 Å². The van der Waals surface area contributed by atoms with Crippen molar-refractivity contribution in [1.29, 1.82) is 5.26 Å². The Morgan fingerprint density at radius 1 is 0.788 bits per heavy atom. The van der Waals surface area contributed by atoms with Crippen LogP contribution in [0.1, 0.15) is 109 Å². The predicted octanol–water partition coefficient (Wildman–Crippen LogP) is 9.45. The lowest BCUT2D eigenvalue weighted by Gasteiger charge is -2.35. The predicted molar refractivity (Wildman–Crippen MR) is 140 cm³/mol. The fourth-order valence-electron chi connectivity index (χ4n) is 5.22. The summed E-state index contributed by atoms with van der Waals surface area (Å²) >= 11 is 0. The molecule has 2 heteroatoms. The summed E-state index contributed by atoms with van der Waals surface area (Å²) in [7, 11) is 0. The highest BCUT2D eigenvalue weighted by Gasteiger charge is 2.35. The number of benzene rings is 2. The summed E-state index contributed by atoms with van der Waals surface area (Å²) in [5.41, 5.74) is 3.86. The zero-order valence-electron chi connectivity index (χ0n) is 21.0. The summed E-state index contributed by atoms with van der Waals surface area (Å²) in [6.07, 6.45) is 15.5. The van der Waals surface area contributed by atoms with Crippen molar-refractivity contribution in [1.82, 2.24) is 0 Å². The fraction of sp³-hybridized carbons (Fsp3) is 0.581. The van der Waals surface area contributed by atoms with Crippen LogP contribution in [0.15, 0.2) is 48.5 Å². The molecule has 1 aliphatic carbocycles. The van der Waals surface area contributed by atoms with Crippen LogP contribution in [0.5, 0.6) is 5.75 Å². The molecule has 0 atom stereocenters. The van der Waals surface area contributed by atoms with Gasteiger partial charge in [-0.1, -0.05) is 95.2 Å². The molecule has 178 valence electrons. The molecule has 33 heavy (non-hydrogen) atoms. The van der Waals surface area contributed by atoms with Crippen molar-refractivity contribution < 1.29 is 4.74 Å². The molecule has 1 aliphatic rings. The lowest BCUT2D eigenvalue weighted by molar-refractivity contribution is 0.223. The maximum absolute atomic E-state index is 9.81. The third-order valence-corrected chi connectivity index (χ3v) is 7.53. The second kappa shape index (κ2) is 13.4.